The molecule has 4 saturated carbocycles. The summed E-state index contributed by atoms with van der Waals surface area (Å²) in [6, 6.07) is 0.243. The van der Waals surface area contributed by atoms with Crippen molar-refractivity contribution in [3.8, 4) is 0 Å². The fourth-order valence-electron chi connectivity index (χ4n) is 7.73. The number of H-pyrrole nitrogens is 1. The first kappa shape index (κ1) is 20.0. The maximum atomic E-state index is 12.8. The van der Waals surface area contributed by atoms with Crippen molar-refractivity contribution < 1.29 is 4.79 Å². The number of fused-ring (bicyclic) bond motifs is 3. The largest absolute Gasteiger partial charge is 0.353 e. The van der Waals surface area contributed by atoms with Gasteiger partial charge in [-0.05, 0) is 99.9 Å². The number of carbonyl (C=O) groups is 1. The van der Waals surface area contributed by atoms with Gasteiger partial charge in [-0.15, -0.1) is 11.3 Å². The van der Waals surface area contributed by atoms with E-state index in [9.17, 15) is 9.59 Å². The normalized spacial score (nSPS) is 32.2. The SMILES string of the molecule is C[C@@H](NC(=O)CCc1nc2sc3c(c2c(=O)[nH]1)CCCC3)C12CC3CC(CC(C3)C1)C2. The molecule has 4 bridgehead atoms. The van der Waals surface area contributed by atoms with Gasteiger partial charge in [0.05, 0.1) is 5.39 Å². The highest BCUT2D eigenvalue weighted by atomic mass is 32.1. The minimum absolute atomic E-state index is 0.0262. The van der Waals surface area contributed by atoms with Crippen LogP contribution in [0.15, 0.2) is 4.79 Å². The van der Waals surface area contributed by atoms with Crippen LogP contribution in [-0.2, 0) is 24.1 Å². The molecule has 0 radical (unpaired) electrons. The molecule has 5 nitrogen and oxygen atoms in total. The van der Waals surface area contributed by atoms with Crippen LogP contribution in [0.3, 0.4) is 0 Å². The Labute approximate surface area is 187 Å². The summed E-state index contributed by atoms with van der Waals surface area (Å²) in [6.45, 7) is 2.23. The third-order valence-corrected chi connectivity index (χ3v) is 10.0. The second kappa shape index (κ2) is 7.43. The number of aryl methyl sites for hydroxylation is 3. The molecule has 5 aliphatic rings. The van der Waals surface area contributed by atoms with E-state index in [0.29, 0.717) is 24.1 Å². The molecule has 2 aromatic heterocycles. The van der Waals surface area contributed by atoms with Crippen LogP contribution in [0.25, 0.3) is 10.2 Å². The second-order valence-electron chi connectivity index (χ2n) is 11.0. The van der Waals surface area contributed by atoms with Gasteiger partial charge in [-0.2, -0.15) is 0 Å². The predicted molar refractivity (Wildman–Crippen MR) is 123 cm³/mol. The van der Waals surface area contributed by atoms with Crippen molar-refractivity contribution >= 4 is 27.5 Å². The number of aromatic amines is 1. The van der Waals surface area contributed by atoms with Gasteiger partial charge in [0.2, 0.25) is 5.91 Å². The zero-order valence-electron chi connectivity index (χ0n) is 18.5. The van der Waals surface area contributed by atoms with E-state index < -0.39 is 0 Å². The van der Waals surface area contributed by atoms with E-state index in [2.05, 4.69) is 17.2 Å². The molecule has 7 rings (SSSR count). The van der Waals surface area contributed by atoms with Crippen molar-refractivity contribution in [2.45, 2.75) is 90.0 Å². The zero-order chi connectivity index (χ0) is 21.2. The number of hydrogen-bond acceptors (Lipinski definition) is 4. The van der Waals surface area contributed by atoms with Gasteiger partial charge in [0.25, 0.3) is 5.56 Å². The molecule has 1 atom stereocenters. The van der Waals surface area contributed by atoms with Crippen LogP contribution in [0.1, 0.15) is 81.0 Å². The maximum absolute atomic E-state index is 12.8. The summed E-state index contributed by atoms with van der Waals surface area (Å²) in [4.78, 5) is 35.4. The Bertz CT molecular complexity index is 1050. The summed E-state index contributed by atoms with van der Waals surface area (Å²) in [5, 5.41) is 4.14. The van der Waals surface area contributed by atoms with Crippen LogP contribution in [0.2, 0.25) is 0 Å². The van der Waals surface area contributed by atoms with Crippen molar-refractivity contribution in [1.29, 1.82) is 0 Å². The molecule has 166 valence electrons. The monoisotopic (exact) mass is 439 g/mol. The average Bonchev–Trinajstić information content (AvgIpc) is 3.10. The predicted octanol–water partition coefficient (Wildman–Crippen LogP) is 4.52. The van der Waals surface area contributed by atoms with Gasteiger partial charge in [0, 0.05) is 23.8 Å². The van der Waals surface area contributed by atoms with Crippen LogP contribution in [0, 0.1) is 23.2 Å². The maximum Gasteiger partial charge on any atom is 0.259 e. The van der Waals surface area contributed by atoms with Crippen LogP contribution < -0.4 is 10.9 Å². The highest BCUT2D eigenvalue weighted by molar-refractivity contribution is 7.18. The van der Waals surface area contributed by atoms with Crippen molar-refractivity contribution in [3.05, 3.63) is 26.6 Å². The Morgan fingerprint density at radius 1 is 1.16 bits per heavy atom. The van der Waals surface area contributed by atoms with Gasteiger partial charge in [-0.3, -0.25) is 9.59 Å². The van der Waals surface area contributed by atoms with Crippen LogP contribution in [0.5, 0.6) is 0 Å². The van der Waals surface area contributed by atoms with E-state index in [0.717, 1.165) is 47.2 Å². The molecule has 2 aromatic rings. The van der Waals surface area contributed by atoms with Gasteiger partial charge >= 0.3 is 0 Å². The standard InChI is InChI=1S/C25H33N3O2S/c1-14(25-11-15-8-16(12-25)10-17(9-15)13-25)26-21(29)7-6-20-27-23(30)22-18-4-2-3-5-19(18)31-24(22)28-20/h14-17H,2-13H2,1H3,(H,26,29)(H,27,28,30)/t14-,15?,16?,17?,25?/m1/s1. The molecule has 5 aliphatic carbocycles. The minimum Gasteiger partial charge on any atom is -0.353 e. The van der Waals surface area contributed by atoms with Crippen LogP contribution in [0.4, 0.5) is 0 Å². The van der Waals surface area contributed by atoms with Crippen molar-refractivity contribution in [1.82, 2.24) is 15.3 Å². The molecular formula is C25H33N3O2S. The summed E-state index contributed by atoms with van der Waals surface area (Å²) < 4.78 is 0. The van der Waals surface area contributed by atoms with Gasteiger partial charge in [0.1, 0.15) is 10.7 Å². The topological polar surface area (TPSA) is 74.8 Å². The molecule has 0 spiro atoms. The number of thiophene rings is 1. The van der Waals surface area contributed by atoms with Crippen molar-refractivity contribution in [3.63, 3.8) is 0 Å². The fourth-order valence-corrected chi connectivity index (χ4v) is 9.01. The van der Waals surface area contributed by atoms with Crippen molar-refractivity contribution in [2.24, 2.45) is 23.2 Å². The highest BCUT2D eigenvalue weighted by Gasteiger charge is 2.53. The summed E-state index contributed by atoms with van der Waals surface area (Å²) in [5.41, 5.74) is 1.52. The summed E-state index contributed by atoms with van der Waals surface area (Å²) in [6.07, 6.45) is 13.5. The summed E-state index contributed by atoms with van der Waals surface area (Å²) >= 11 is 1.67. The number of nitrogens with zero attached hydrogens (tertiary/aromatic N) is 1. The Morgan fingerprint density at radius 2 is 1.84 bits per heavy atom. The van der Waals surface area contributed by atoms with Gasteiger partial charge in [-0.1, -0.05) is 0 Å². The molecule has 0 saturated heterocycles. The number of carbonyl (C=O) groups excluding carboxylic acids is 1. The molecule has 6 heteroatoms. The molecular weight excluding hydrogens is 406 g/mol. The van der Waals surface area contributed by atoms with E-state index in [1.807, 2.05) is 0 Å². The van der Waals surface area contributed by atoms with Crippen LogP contribution in [-0.4, -0.2) is 21.9 Å². The number of hydrogen-bond donors (Lipinski definition) is 2. The number of nitrogens with one attached hydrogen (secondary N) is 2. The summed E-state index contributed by atoms with van der Waals surface area (Å²) in [5.74, 6) is 3.42. The third kappa shape index (κ3) is 3.46. The van der Waals surface area contributed by atoms with Crippen molar-refractivity contribution in [2.75, 3.05) is 0 Å². The van der Waals surface area contributed by atoms with E-state index in [4.69, 9.17) is 4.98 Å². The third-order valence-electron chi connectivity index (χ3n) is 8.84. The van der Waals surface area contributed by atoms with Gasteiger partial charge in [-0.25, -0.2) is 4.98 Å². The smallest absolute Gasteiger partial charge is 0.259 e. The average molecular weight is 440 g/mol. The Kier molecular flexibility index (Phi) is 4.78. The lowest BCUT2D eigenvalue weighted by Crippen LogP contribution is -2.55. The summed E-state index contributed by atoms with van der Waals surface area (Å²) in [7, 11) is 0. The molecule has 31 heavy (non-hydrogen) atoms. The molecule has 2 N–H and O–H groups in total. The van der Waals surface area contributed by atoms with Crippen LogP contribution >= 0.6 is 11.3 Å². The Morgan fingerprint density at radius 3 is 2.55 bits per heavy atom. The first-order valence-electron chi connectivity index (χ1n) is 12.3. The number of amides is 1. The van der Waals surface area contributed by atoms with E-state index in [-0.39, 0.29) is 17.5 Å². The quantitative estimate of drug-likeness (QED) is 0.719. The van der Waals surface area contributed by atoms with E-state index in [1.54, 1.807) is 11.3 Å². The fraction of sp³-hybridized carbons (Fsp3) is 0.720. The molecule has 0 aliphatic heterocycles. The minimum atomic E-state index is -0.0262. The molecule has 1 amide bonds. The van der Waals surface area contributed by atoms with Gasteiger partial charge in [0.15, 0.2) is 0 Å². The van der Waals surface area contributed by atoms with E-state index >= 15 is 0 Å². The first-order valence-corrected chi connectivity index (χ1v) is 13.1. The molecule has 0 aromatic carbocycles. The molecule has 4 fully saturated rings. The Hall–Kier alpha value is -1.69. The number of aromatic nitrogens is 2. The second-order valence-corrected chi connectivity index (χ2v) is 12.1. The van der Waals surface area contributed by atoms with Gasteiger partial charge < -0.3 is 10.3 Å². The number of rotatable bonds is 5. The molecule has 2 heterocycles. The lowest BCUT2D eigenvalue weighted by Gasteiger charge is -2.59. The van der Waals surface area contributed by atoms with E-state index in [1.165, 1.54) is 55.4 Å². The lowest BCUT2D eigenvalue weighted by molar-refractivity contribution is -0.125. The highest BCUT2D eigenvalue weighted by Crippen LogP contribution is 2.61. The zero-order valence-corrected chi connectivity index (χ0v) is 19.3. The lowest BCUT2D eigenvalue weighted by atomic mass is 9.48. The molecule has 0 unspecified atom stereocenters. The Balaban J connectivity index is 1.12. The first-order chi connectivity index (χ1) is 15.0.